The average Bonchev–Trinajstić information content (AvgIpc) is 2.96. The molecular weight excluding hydrogens is 298 g/mol. The quantitative estimate of drug-likeness (QED) is 0.809. The molecule has 0 aromatic heterocycles. The molecule has 2 aromatic rings. The molecule has 3 nitrogen and oxygen atoms in total. The van der Waals surface area contributed by atoms with E-state index >= 15 is 0 Å². The minimum atomic E-state index is -0.418. The van der Waals surface area contributed by atoms with Crippen LogP contribution in [0.25, 0.3) is 0 Å². The van der Waals surface area contributed by atoms with Gasteiger partial charge in [0.15, 0.2) is 6.10 Å². The van der Waals surface area contributed by atoms with E-state index in [0.29, 0.717) is 18.0 Å². The summed E-state index contributed by atoms with van der Waals surface area (Å²) in [7, 11) is 0. The molecule has 1 atom stereocenters. The summed E-state index contributed by atoms with van der Waals surface area (Å²) in [6.45, 7) is 1.43. The summed E-state index contributed by atoms with van der Waals surface area (Å²) in [5.74, 6) is 0.849. The lowest BCUT2D eigenvalue weighted by Gasteiger charge is -2.30. The lowest BCUT2D eigenvalue weighted by Crippen LogP contribution is -2.43. The average molecular weight is 314 g/mol. The van der Waals surface area contributed by atoms with Crippen LogP contribution in [0.2, 0.25) is 5.02 Å². The van der Waals surface area contributed by atoms with Gasteiger partial charge in [0.2, 0.25) is 0 Å². The molecular formula is C18H16ClNO2. The Balaban J connectivity index is 1.50. The first kappa shape index (κ1) is 13.6. The van der Waals surface area contributed by atoms with Gasteiger partial charge in [0, 0.05) is 24.5 Å². The summed E-state index contributed by atoms with van der Waals surface area (Å²) < 4.78 is 5.82. The zero-order valence-corrected chi connectivity index (χ0v) is 12.8. The van der Waals surface area contributed by atoms with E-state index in [2.05, 4.69) is 18.2 Å². The predicted molar refractivity (Wildman–Crippen MR) is 85.1 cm³/mol. The van der Waals surface area contributed by atoms with Crippen LogP contribution in [0.4, 0.5) is 0 Å². The Bertz CT molecular complexity index is 744. The minimum Gasteiger partial charge on any atom is -0.480 e. The molecule has 2 aliphatic rings. The number of ether oxygens (including phenoxy) is 1. The summed E-state index contributed by atoms with van der Waals surface area (Å²) in [5.41, 5.74) is 3.60. The number of fused-ring (bicyclic) bond motifs is 2. The molecule has 0 fully saturated rings. The van der Waals surface area contributed by atoms with Gasteiger partial charge in [0.05, 0.1) is 0 Å². The molecule has 2 heterocycles. The molecule has 0 bridgehead atoms. The lowest BCUT2D eigenvalue weighted by molar-refractivity contribution is -0.138. The molecule has 2 aliphatic heterocycles. The third kappa shape index (κ3) is 2.35. The van der Waals surface area contributed by atoms with Crippen molar-refractivity contribution in [2.75, 3.05) is 6.54 Å². The van der Waals surface area contributed by atoms with Crippen LogP contribution in [0.3, 0.4) is 0 Å². The third-order valence-electron chi connectivity index (χ3n) is 4.41. The van der Waals surface area contributed by atoms with Gasteiger partial charge >= 0.3 is 0 Å². The number of rotatable bonds is 1. The second kappa shape index (κ2) is 5.33. The third-order valence-corrected chi connectivity index (χ3v) is 4.65. The van der Waals surface area contributed by atoms with Gasteiger partial charge in [0.25, 0.3) is 5.91 Å². The zero-order chi connectivity index (χ0) is 15.1. The maximum Gasteiger partial charge on any atom is 0.264 e. The Morgan fingerprint density at radius 1 is 1.14 bits per heavy atom. The monoisotopic (exact) mass is 313 g/mol. The Kier molecular flexibility index (Phi) is 3.30. The summed E-state index contributed by atoms with van der Waals surface area (Å²) in [4.78, 5) is 14.6. The van der Waals surface area contributed by atoms with Crippen LogP contribution >= 0.6 is 11.6 Å². The molecule has 4 heteroatoms. The Morgan fingerprint density at radius 3 is 2.82 bits per heavy atom. The fourth-order valence-corrected chi connectivity index (χ4v) is 3.44. The molecule has 0 saturated heterocycles. The fraction of sp³-hybridized carbons (Fsp3) is 0.278. The highest BCUT2D eigenvalue weighted by Gasteiger charge is 2.33. The van der Waals surface area contributed by atoms with Crippen molar-refractivity contribution in [3.63, 3.8) is 0 Å². The second-order valence-corrected chi connectivity index (χ2v) is 6.28. The highest BCUT2D eigenvalue weighted by Crippen LogP contribution is 2.32. The van der Waals surface area contributed by atoms with Crippen LogP contribution in [0.1, 0.15) is 16.7 Å². The number of carbonyl (C=O) groups excluding carboxylic acids is 1. The Morgan fingerprint density at radius 2 is 1.95 bits per heavy atom. The normalized spacial score (nSPS) is 19.3. The fourth-order valence-electron chi connectivity index (χ4n) is 3.24. The van der Waals surface area contributed by atoms with Gasteiger partial charge in [-0.25, -0.2) is 0 Å². The molecule has 112 valence electrons. The van der Waals surface area contributed by atoms with Crippen molar-refractivity contribution in [2.24, 2.45) is 0 Å². The molecule has 22 heavy (non-hydrogen) atoms. The highest BCUT2D eigenvalue weighted by atomic mass is 35.5. The number of halogens is 1. The number of hydrogen-bond acceptors (Lipinski definition) is 2. The van der Waals surface area contributed by atoms with Gasteiger partial charge in [0.1, 0.15) is 5.75 Å². The minimum absolute atomic E-state index is 0.0711. The van der Waals surface area contributed by atoms with Crippen molar-refractivity contribution in [1.82, 2.24) is 4.90 Å². The van der Waals surface area contributed by atoms with Gasteiger partial charge < -0.3 is 9.64 Å². The van der Waals surface area contributed by atoms with Crippen LogP contribution in [-0.4, -0.2) is 23.5 Å². The summed E-state index contributed by atoms with van der Waals surface area (Å²) in [6.07, 6.45) is 1.10. The van der Waals surface area contributed by atoms with E-state index in [1.165, 1.54) is 11.1 Å². The van der Waals surface area contributed by atoms with Crippen LogP contribution in [0.15, 0.2) is 42.5 Å². The molecule has 0 spiro atoms. The number of nitrogens with zero attached hydrogens (tertiary/aromatic N) is 1. The van der Waals surface area contributed by atoms with Crippen LogP contribution < -0.4 is 4.74 Å². The number of hydrogen-bond donors (Lipinski definition) is 0. The lowest BCUT2D eigenvalue weighted by atomic mass is 9.99. The summed E-state index contributed by atoms with van der Waals surface area (Å²) >= 11 is 6.00. The van der Waals surface area contributed by atoms with Crippen molar-refractivity contribution >= 4 is 17.5 Å². The molecule has 0 aliphatic carbocycles. The summed E-state index contributed by atoms with van der Waals surface area (Å²) in [6, 6.07) is 13.8. The van der Waals surface area contributed by atoms with E-state index in [4.69, 9.17) is 16.3 Å². The molecule has 0 saturated carbocycles. The van der Waals surface area contributed by atoms with Crippen molar-refractivity contribution < 1.29 is 9.53 Å². The number of carbonyl (C=O) groups is 1. The molecule has 0 radical (unpaired) electrons. The van der Waals surface area contributed by atoms with Gasteiger partial charge in [-0.15, -0.1) is 0 Å². The Labute approximate surface area is 134 Å². The summed E-state index contributed by atoms with van der Waals surface area (Å²) in [5, 5.41) is 0.683. The van der Waals surface area contributed by atoms with Crippen molar-refractivity contribution in [3.8, 4) is 5.75 Å². The largest absolute Gasteiger partial charge is 0.480 e. The van der Waals surface area contributed by atoms with Gasteiger partial charge in [-0.2, -0.15) is 0 Å². The van der Waals surface area contributed by atoms with Gasteiger partial charge in [-0.1, -0.05) is 35.9 Å². The molecule has 2 aromatic carbocycles. The first-order valence-electron chi connectivity index (χ1n) is 7.51. The highest BCUT2D eigenvalue weighted by molar-refractivity contribution is 6.30. The van der Waals surface area contributed by atoms with Crippen molar-refractivity contribution in [1.29, 1.82) is 0 Å². The van der Waals surface area contributed by atoms with E-state index in [1.54, 1.807) is 6.07 Å². The van der Waals surface area contributed by atoms with Crippen LogP contribution in [-0.2, 0) is 24.2 Å². The molecule has 0 unspecified atom stereocenters. The number of benzene rings is 2. The SMILES string of the molecule is O=C([C@H]1Cc2cc(Cl)ccc2O1)N1CCc2ccccc2C1. The zero-order valence-electron chi connectivity index (χ0n) is 12.1. The van der Waals surface area contributed by atoms with E-state index in [9.17, 15) is 4.79 Å². The standard InChI is InChI=1S/C18H16ClNO2/c19-15-5-6-16-14(9-15)10-17(22-16)18(21)20-8-7-12-3-1-2-4-13(12)11-20/h1-6,9,17H,7-8,10-11H2/t17-/m1/s1. The second-order valence-electron chi connectivity index (χ2n) is 5.84. The van der Waals surface area contributed by atoms with Crippen LogP contribution in [0, 0.1) is 0 Å². The van der Waals surface area contributed by atoms with E-state index < -0.39 is 6.10 Å². The maximum absolute atomic E-state index is 12.7. The molecule has 4 rings (SSSR count). The first-order valence-corrected chi connectivity index (χ1v) is 7.89. The predicted octanol–water partition coefficient (Wildman–Crippen LogP) is 3.23. The van der Waals surface area contributed by atoms with Gasteiger partial charge in [-0.05, 0) is 41.3 Å². The Hall–Kier alpha value is -2.00. The first-order chi connectivity index (χ1) is 10.7. The number of amides is 1. The molecule has 0 N–H and O–H groups in total. The van der Waals surface area contributed by atoms with E-state index in [-0.39, 0.29) is 5.91 Å². The van der Waals surface area contributed by atoms with E-state index in [0.717, 1.165) is 24.3 Å². The van der Waals surface area contributed by atoms with E-state index in [1.807, 2.05) is 23.1 Å². The van der Waals surface area contributed by atoms with Crippen molar-refractivity contribution in [2.45, 2.75) is 25.5 Å². The van der Waals surface area contributed by atoms with Crippen molar-refractivity contribution in [3.05, 3.63) is 64.2 Å². The molecule has 1 amide bonds. The van der Waals surface area contributed by atoms with Crippen LogP contribution in [0.5, 0.6) is 5.75 Å². The smallest absolute Gasteiger partial charge is 0.264 e. The maximum atomic E-state index is 12.7. The topological polar surface area (TPSA) is 29.5 Å². The van der Waals surface area contributed by atoms with Gasteiger partial charge in [-0.3, -0.25) is 4.79 Å².